The first-order valence-electron chi connectivity index (χ1n) is 8.04. The van der Waals surface area contributed by atoms with E-state index in [-0.39, 0.29) is 11.8 Å². The molecule has 0 bridgehead atoms. The lowest BCUT2D eigenvalue weighted by molar-refractivity contribution is -0.131. The van der Waals surface area contributed by atoms with Crippen LogP contribution in [0, 0.1) is 0 Å². The summed E-state index contributed by atoms with van der Waals surface area (Å²) in [7, 11) is 0. The first-order chi connectivity index (χ1) is 10.8. The van der Waals surface area contributed by atoms with E-state index in [0.717, 1.165) is 31.5 Å². The minimum Gasteiger partial charge on any atom is -0.352 e. The van der Waals surface area contributed by atoms with Crippen LogP contribution >= 0.6 is 0 Å². The molecule has 1 aromatic rings. The average Bonchev–Trinajstić information content (AvgIpc) is 2.83. The zero-order valence-corrected chi connectivity index (χ0v) is 13.0. The molecule has 1 aliphatic rings. The lowest BCUT2D eigenvalue weighted by Crippen LogP contribution is -2.34. The van der Waals surface area contributed by atoms with Crippen molar-refractivity contribution in [3.63, 3.8) is 0 Å². The van der Waals surface area contributed by atoms with Crippen molar-refractivity contribution in [3.8, 4) is 0 Å². The zero-order chi connectivity index (χ0) is 15.6. The van der Waals surface area contributed by atoms with E-state index >= 15 is 0 Å². The maximum absolute atomic E-state index is 12.1. The maximum atomic E-state index is 12.1. The Bertz CT molecular complexity index is 503. The predicted octanol–water partition coefficient (Wildman–Crippen LogP) is 2.61. The van der Waals surface area contributed by atoms with Crippen molar-refractivity contribution >= 4 is 17.9 Å². The number of nitrogens with one attached hydrogen (secondary N) is 1. The fourth-order valence-electron chi connectivity index (χ4n) is 2.57. The van der Waals surface area contributed by atoms with Gasteiger partial charge in [-0.2, -0.15) is 0 Å². The lowest BCUT2D eigenvalue weighted by atomic mass is 10.2. The van der Waals surface area contributed by atoms with E-state index in [1.165, 1.54) is 18.9 Å². The van der Waals surface area contributed by atoms with Crippen molar-refractivity contribution in [1.82, 2.24) is 10.2 Å². The topological polar surface area (TPSA) is 49.4 Å². The highest BCUT2D eigenvalue weighted by Crippen LogP contribution is 2.10. The van der Waals surface area contributed by atoms with Gasteiger partial charge in [-0.05, 0) is 24.5 Å². The minimum atomic E-state index is -0.160. The number of likely N-dealkylation sites (tertiary alicyclic amines) is 1. The highest BCUT2D eigenvalue weighted by atomic mass is 16.2. The molecule has 4 nitrogen and oxygen atoms in total. The molecule has 1 aromatic carbocycles. The number of nitrogens with zero attached hydrogens (tertiary/aromatic N) is 1. The molecule has 0 spiro atoms. The van der Waals surface area contributed by atoms with E-state index in [2.05, 4.69) is 5.32 Å². The van der Waals surface area contributed by atoms with Gasteiger partial charge >= 0.3 is 0 Å². The van der Waals surface area contributed by atoms with Crippen molar-refractivity contribution in [2.24, 2.45) is 0 Å². The summed E-state index contributed by atoms with van der Waals surface area (Å²) in [6.45, 7) is 2.12. The van der Waals surface area contributed by atoms with Crippen LogP contribution in [0.5, 0.6) is 0 Å². The number of carbonyl (C=O) groups excluding carboxylic acids is 2. The molecule has 1 aliphatic heterocycles. The van der Waals surface area contributed by atoms with Gasteiger partial charge in [0.05, 0.1) is 0 Å². The van der Waals surface area contributed by atoms with Gasteiger partial charge in [-0.3, -0.25) is 9.59 Å². The van der Waals surface area contributed by atoms with Crippen LogP contribution in [0.15, 0.2) is 36.4 Å². The Morgan fingerprint density at radius 3 is 2.41 bits per heavy atom. The summed E-state index contributed by atoms with van der Waals surface area (Å²) in [5.74, 6) is -0.0123. The van der Waals surface area contributed by atoms with Gasteiger partial charge in [-0.1, -0.05) is 43.2 Å². The van der Waals surface area contributed by atoms with Crippen LogP contribution < -0.4 is 5.32 Å². The van der Waals surface area contributed by atoms with Crippen LogP contribution in [-0.2, 0) is 9.59 Å². The molecule has 0 saturated carbocycles. The molecule has 1 fully saturated rings. The Labute approximate surface area is 132 Å². The van der Waals surface area contributed by atoms with Gasteiger partial charge in [-0.25, -0.2) is 0 Å². The van der Waals surface area contributed by atoms with E-state index in [1.54, 1.807) is 6.08 Å². The van der Waals surface area contributed by atoms with Gasteiger partial charge in [0.1, 0.15) is 0 Å². The van der Waals surface area contributed by atoms with Gasteiger partial charge in [0.15, 0.2) is 0 Å². The molecule has 2 amide bonds. The molecular formula is C18H24N2O2. The van der Waals surface area contributed by atoms with E-state index in [9.17, 15) is 9.59 Å². The maximum Gasteiger partial charge on any atom is 0.244 e. The van der Waals surface area contributed by atoms with Crippen molar-refractivity contribution in [2.45, 2.75) is 32.1 Å². The standard InChI is InChI=1S/C18H24N2O2/c21-17(11-10-16-8-4-3-5-9-16)19-13-12-18(22)20-14-6-1-2-7-15-20/h3-5,8-11H,1-2,6-7,12-15H2,(H,19,21)/b11-10+. The number of amides is 2. The van der Waals surface area contributed by atoms with Crippen LogP contribution in [0.4, 0.5) is 0 Å². The quantitative estimate of drug-likeness (QED) is 0.850. The van der Waals surface area contributed by atoms with Crippen LogP contribution in [-0.4, -0.2) is 36.3 Å². The molecule has 4 heteroatoms. The third-order valence-electron chi connectivity index (χ3n) is 3.82. The van der Waals surface area contributed by atoms with Crippen LogP contribution in [0.25, 0.3) is 6.08 Å². The second-order valence-corrected chi connectivity index (χ2v) is 5.58. The molecule has 1 saturated heterocycles. The summed E-state index contributed by atoms with van der Waals surface area (Å²) in [5.41, 5.74) is 0.985. The van der Waals surface area contributed by atoms with Gasteiger partial charge in [0, 0.05) is 32.1 Å². The molecule has 2 rings (SSSR count). The van der Waals surface area contributed by atoms with Gasteiger partial charge in [-0.15, -0.1) is 0 Å². The van der Waals surface area contributed by atoms with Gasteiger partial charge < -0.3 is 10.2 Å². The summed E-state index contributed by atoms with van der Waals surface area (Å²) in [6, 6.07) is 9.67. The Morgan fingerprint density at radius 2 is 1.73 bits per heavy atom. The molecule has 0 atom stereocenters. The summed E-state index contributed by atoms with van der Waals surface area (Å²) < 4.78 is 0. The molecule has 1 heterocycles. The monoisotopic (exact) mass is 300 g/mol. The number of hydrogen-bond acceptors (Lipinski definition) is 2. The third kappa shape index (κ3) is 5.72. The van der Waals surface area contributed by atoms with E-state index in [4.69, 9.17) is 0 Å². The Hall–Kier alpha value is -2.10. The Kier molecular flexibility index (Phi) is 6.68. The molecule has 0 radical (unpaired) electrons. The highest BCUT2D eigenvalue weighted by Gasteiger charge is 2.14. The first kappa shape index (κ1) is 16.3. The van der Waals surface area contributed by atoms with E-state index in [1.807, 2.05) is 35.2 Å². The molecule has 0 aromatic heterocycles. The van der Waals surface area contributed by atoms with Crippen LogP contribution in [0.1, 0.15) is 37.7 Å². The summed E-state index contributed by atoms with van der Waals surface area (Å²) in [4.78, 5) is 25.7. The average molecular weight is 300 g/mol. The van der Waals surface area contributed by atoms with Crippen molar-refractivity contribution < 1.29 is 9.59 Å². The largest absolute Gasteiger partial charge is 0.352 e. The Morgan fingerprint density at radius 1 is 1.05 bits per heavy atom. The first-order valence-corrected chi connectivity index (χ1v) is 8.04. The van der Waals surface area contributed by atoms with Crippen molar-refractivity contribution in [2.75, 3.05) is 19.6 Å². The van der Waals surface area contributed by atoms with E-state index < -0.39 is 0 Å². The fourth-order valence-corrected chi connectivity index (χ4v) is 2.57. The molecule has 22 heavy (non-hydrogen) atoms. The summed E-state index contributed by atoms with van der Waals surface area (Å²) >= 11 is 0. The van der Waals surface area contributed by atoms with Crippen LogP contribution in [0.3, 0.4) is 0 Å². The number of rotatable bonds is 5. The SMILES string of the molecule is O=C(/C=C/c1ccccc1)NCCC(=O)N1CCCCCC1. The normalized spacial score (nSPS) is 15.5. The predicted molar refractivity (Wildman–Crippen MR) is 88.2 cm³/mol. The molecule has 0 unspecified atom stereocenters. The zero-order valence-electron chi connectivity index (χ0n) is 13.0. The summed E-state index contributed by atoms with van der Waals surface area (Å²) in [6.07, 6.45) is 8.27. The third-order valence-corrected chi connectivity index (χ3v) is 3.82. The number of carbonyl (C=O) groups is 2. The van der Waals surface area contributed by atoms with Crippen molar-refractivity contribution in [3.05, 3.63) is 42.0 Å². The van der Waals surface area contributed by atoms with Crippen LogP contribution in [0.2, 0.25) is 0 Å². The second-order valence-electron chi connectivity index (χ2n) is 5.58. The molecule has 118 valence electrons. The highest BCUT2D eigenvalue weighted by molar-refractivity contribution is 5.92. The smallest absolute Gasteiger partial charge is 0.244 e. The van der Waals surface area contributed by atoms with Gasteiger partial charge in [0.2, 0.25) is 11.8 Å². The lowest BCUT2D eigenvalue weighted by Gasteiger charge is -2.20. The molecule has 0 aliphatic carbocycles. The molecule has 1 N–H and O–H groups in total. The molecular weight excluding hydrogens is 276 g/mol. The number of hydrogen-bond donors (Lipinski definition) is 1. The summed E-state index contributed by atoms with van der Waals surface area (Å²) in [5, 5.41) is 2.77. The van der Waals surface area contributed by atoms with Crippen molar-refractivity contribution in [1.29, 1.82) is 0 Å². The Balaban J connectivity index is 1.68. The fraction of sp³-hybridized carbons (Fsp3) is 0.444. The number of benzene rings is 1. The van der Waals surface area contributed by atoms with E-state index in [0.29, 0.717) is 13.0 Å². The van der Waals surface area contributed by atoms with Gasteiger partial charge in [0.25, 0.3) is 0 Å². The minimum absolute atomic E-state index is 0.147. The second kappa shape index (κ2) is 9.03.